The number of benzene rings is 1. The second kappa shape index (κ2) is 7.31. The van der Waals surface area contributed by atoms with Gasteiger partial charge < -0.3 is 15.4 Å². The largest absolute Gasteiger partial charge is 0.481 e. The molecule has 0 saturated heterocycles. The number of halogens is 1. The van der Waals surface area contributed by atoms with Crippen LogP contribution >= 0.6 is 11.6 Å². The molecule has 1 amide bonds. The molecule has 0 aliphatic heterocycles. The first-order valence-corrected chi connectivity index (χ1v) is 7.96. The molecule has 7 nitrogen and oxygen atoms in total. The van der Waals surface area contributed by atoms with Gasteiger partial charge in [-0.1, -0.05) is 23.7 Å². The number of fused-ring (bicyclic) bond motifs is 1. The zero-order chi connectivity index (χ0) is 17.8. The lowest BCUT2D eigenvalue weighted by Crippen LogP contribution is -2.30. The van der Waals surface area contributed by atoms with Crippen LogP contribution in [0.1, 0.15) is 28.4 Å². The quantitative estimate of drug-likeness (QED) is 0.627. The number of nitrogens with zero attached hydrogens (tertiary/aromatic N) is 2. The van der Waals surface area contributed by atoms with E-state index in [1.165, 1.54) is 6.33 Å². The Morgan fingerprint density at radius 3 is 2.68 bits per heavy atom. The van der Waals surface area contributed by atoms with Crippen LogP contribution in [0.5, 0.6) is 0 Å². The second-order valence-electron chi connectivity index (χ2n) is 5.52. The topological polar surface area (TPSA) is 108 Å². The summed E-state index contributed by atoms with van der Waals surface area (Å²) in [5.74, 6) is -1.69. The van der Waals surface area contributed by atoms with Gasteiger partial charge in [0.05, 0.1) is 11.8 Å². The van der Waals surface area contributed by atoms with E-state index in [4.69, 9.17) is 16.7 Å². The lowest BCUT2D eigenvalue weighted by atomic mass is 9.95. The lowest BCUT2D eigenvalue weighted by Gasteiger charge is -2.16. The fraction of sp³-hybridized carbons (Fsp3) is 0.176. The molecule has 0 unspecified atom stereocenters. The molecule has 0 spiro atoms. The van der Waals surface area contributed by atoms with E-state index >= 15 is 0 Å². The molecule has 2 aromatic heterocycles. The molecule has 1 atom stereocenters. The molecule has 2 heterocycles. The van der Waals surface area contributed by atoms with Crippen LogP contribution in [0.3, 0.4) is 0 Å². The highest BCUT2D eigenvalue weighted by molar-refractivity contribution is 6.30. The molecule has 25 heavy (non-hydrogen) atoms. The summed E-state index contributed by atoms with van der Waals surface area (Å²) in [5.41, 5.74) is 1.61. The number of hydrogen-bond acceptors (Lipinski definition) is 4. The number of H-pyrrole nitrogens is 1. The average Bonchev–Trinajstić information content (AvgIpc) is 3.07. The Bertz CT molecular complexity index is 908. The van der Waals surface area contributed by atoms with Gasteiger partial charge in [-0.3, -0.25) is 9.59 Å². The third-order valence-corrected chi connectivity index (χ3v) is 4.09. The summed E-state index contributed by atoms with van der Waals surface area (Å²) in [6, 6.07) is 8.63. The van der Waals surface area contributed by atoms with Crippen molar-refractivity contribution in [2.45, 2.75) is 12.3 Å². The monoisotopic (exact) mass is 358 g/mol. The van der Waals surface area contributed by atoms with E-state index in [0.717, 1.165) is 5.56 Å². The van der Waals surface area contributed by atoms with Crippen molar-refractivity contribution in [3.63, 3.8) is 0 Å². The van der Waals surface area contributed by atoms with Crippen LogP contribution in [-0.4, -0.2) is 38.5 Å². The smallest absolute Gasteiger partial charge is 0.304 e. The zero-order valence-electron chi connectivity index (χ0n) is 13.1. The van der Waals surface area contributed by atoms with E-state index in [0.29, 0.717) is 16.1 Å². The normalized spacial score (nSPS) is 12.0. The number of carboxylic acids is 1. The first kappa shape index (κ1) is 16.9. The van der Waals surface area contributed by atoms with E-state index < -0.39 is 5.97 Å². The minimum atomic E-state index is -0.940. The molecule has 0 aliphatic carbocycles. The van der Waals surface area contributed by atoms with Crippen molar-refractivity contribution in [2.24, 2.45) is 0 Å². The van der Waals surface area contributed by atoms with Gasteiger partial charge in [-0.2, -0.15) is 0 Å². The molecule has 0 fully saturated rings. The minimum absolute atomic E-state index is 0.106. The highest BCUT2D eigenvalue weighted by atomic mass is 35.5. The Morgan fingerprint density at radius 2 is 1.96 bits per heavy atom. The predicted molar refractivity (Wildman–Crippen MR) is 92.7 cm³/mol. The SMILES string of the molecule is O=C(O)C[C@@H](CNC(=O)c1ncnc2[nH]ccc12)c1ccc(Cl)cc1. The number of nitrogens with one attached hydrogen (secondary N) is 2. The predicted octanol–water partition coefficient (Wildman–Crippen LogP) is 2.60. The average molecular weight is 359 g/mol. The molecule has 128 valence electrons. The first-order valence-electron chi connectivity index (χ1n) is 7.58. The van der Waals surface area contributed by atoms with E-state index in [1.807, 2.05) is 0 Å². The number of hydrogen-bond donors (Lipinski definition) is 3. The van der Waals surface area contributed by atoms with Crippen molar-refractivity contribution in [3.05, 3.63) is 59.1 Å². The van der Waals surface area contributed by atoms with Gasteiger partial charge in [0.25, 0.3) is 5.91 Å². The number of carboxylic acid groups (broad SMARTS) is 1. The summed E-state index contributed by atoms with van der Waals surface area (Å²) in [7, 11) is 0. The maximum Gasteiger partial charge on any atom is 0.304 e. The van der Waals surface area contributed by atoms with Gasteiger partial charge in [-0.25, -0.2) is 9.97 Å². The van der Waals surface area contributed by atoms with Gasteiger partial charge in [0.2, 0.25) is 0 Å². The van der Waals surface area contributed by atoms with Gasteiger partial charge in [0.1, 0.15) is 17.7 Å². The highest BCUT2D eigenvalue weighted by Crippen LogP contribution is 2.21. The number of aromatic nitrogens is 3. The zero-order valence-corrected chi connectivity index (χ0v) is 13.8. The molecular formula is C17H15ClN4O3. The van der Waals surface area contributed by atoms with Crippen molar-refractivity contribution in [1.29, 1.82) is 0 Å². The first-order chi connectivity index (χ1) is 12.0. The summed E-state index contributed by atoms with van der Waals surface area (Å²) in [6.45, 7) is 0.169. The van der Waals surface area contributed by atoms with Crippen LogP contribution in [0, 0.1) is 0 Å². The maximum atomic E-state index is 12.4. The van der Waals surface area contributed by atoms with E-state index in [2.05, 4.69) is 20.3 Å². The highest BCUT2D eigenvalue weighted by Gasteiger charge is 2.19. The molecule has 0 aliphatic rings. The van der Waals surface area contributed by atoms with Crippen molar-refractivity contribution >= 4 is 34.5 Å². The van der Waals surface area contributed by atoms with Crippen LogP contribution in [0.4, 0.5) is 0 Å². The van der Waals surface area contributed by atoms with Crippen molar-refractivity contribution in [3.8, 4) is 0 Å². The summed E-state index contributed by atoms with van der Waals surface area (Å²) in [4.78, 5) is 34.6. The Labute approximate surface area is 148 Å². The molecule has 8 heteroatoms. The maximum absolute atomic E-state index is 12.4. The Kier molecular flexibility index (Phi) is 4.95. The minimum Gasteiger partial charge on any atom is -0.481 e. The fourth-order valence-corrected chi connectivity index (χ4v) is 2.73. The molecule has 1 aromatic carbocycles. The van der Waals surface area contributed by atoms with Crippen LogP contribution < -0.4 is 5.32 Å². The van der Waals surface area contributed by atoms with Crippen LogP contribution in [0.15, 0.2) is 42.9 Å². The second-order valence-corrected chi connectivity index (χ2v) is 5.96. The Balaban J connectivity index is 1.76. The number of aromatic amines is 1. The summed E-state index contributed by atoms with van der Waals surface area (Å²) in [5, 5.41) is 13.1. The molecule has 0 saturated carbocycles. The van der Waals surface area contributed by atoms with Gasteiger partial charge in [-0.15, -0.1) is 0 Å². The summed E-state index contributed by atoms with van der Waals surface area (Å²) >= 11 is 5.87. The number of carbonyl (C=O) groups is 2. The summed E-state index contributed by atoms with van der Waals surface area (Å²) in [6.07, 6.45) is 2.88. The third kappa shape index (κ3) is 3.95. The van der Waals surface area contributed by atoms with Crippen LogP contribution in [0.25, 0.3) is 11.0 Å². The number of amides is 1. The van der Waals surface area contributed by atoms with Crippen molar-refractivity contribution in [2.75, 3.05) is 6.54 Å². The number of carbonyl (C=O) groups excluding carboxylic acids is 1. The Morgan fingerprint density at radius 1 is 1.20 bits per heavy atom. The molecule has 0 radical (unpaired) electrons. The fourth-order valence-electron chi connectivity index (χ4n) is 2.61. The van der Waals surface area contributed by atoms with Gasteiger partial charge >= 0.3 is 5.97 Å². The molecule has 0 bridgehead atoms. The van der Waals surface area contributed by atoms with Crippen LogP contribution in [-0.2, 0) is 4.79 Å². The lowest BCUT2D eigenvalue weighted by molar-refractivity contribution is -0.137. The van der Waals surface area contributed by atoms with Gasteiger partial charge in [0, 0.05) is 23.7 Å². The van der Waals surface area contributed by atoms with E-state index in [1.54, 1.807) is 36.5 Å². The van der Waals surface area contributed by atoms with E-state index in [9.17, 15) is 9.59 Å². The summed E-state index contributed by atoms with van der Waals surface area (Å²) < 4.78 is 0. The van der Waals surface area contributed by atoms with E-state index in [-0.39, 0.29) is 30.5 Å². The molecular weight excluding hydrogens is 344 g/mol. The van der Waals surface area contributed by atoms with Crippen LogP contribution in [0.2, 0.25) is 5.02 Å². The van der Waals surface area contributed by atoms with Gasteiger partial charge in [0.15, 0.2) is 0 Å². The van der Waals surface area contributed by atoms with Crippen molar-refractivity contribution in [1.82, 2.24) is 20.3 Å². The molecule has 3 rings (SSSR count). The number of aliphatic carboxylic acids is 1. The van der Waals surface area contributed by atoms with Gasteiger partial charge in [-0.05, 0) is 23.8 Å². The molecule has 3 aromatic rings. The Hall–Kier alpha value is -2.93. The number of rotatable bonds is 6. The third-order valence-electron chi connectivity index (χ3n) is 3.84. The molecule has 3 N–H and O–H groups in total. The standard InChI is InChI=1S/C17H15ClN4O3/c18-12-3-1-10(2-4-12)11(7-14(23)24)8-20-17(25)15-13-5-6-19-16(13)22-9-21-15/h1-6,9,11H,7-8H2,(H,20,25)(H,23,24)(H,19,21,22)/t11-/m0/s1. The van der Waals surface area contributed by atoms with Crippen molar-refractivity contribution < 1.29 is 14.7 Å².